The quantitative estimate of drug-likeness (QED) is 0.637. The van der Waals surface area contributed by atoms with Crippen LogP contribution in [0.4, 0.5) is 4.39 Å². The van der Waals surface area contributed by atoms with Crippen molar-refractivity contribution in [1.29, 1.82) is 0 Å². The number of hydrogen-bond acceptors (Lipinski definition) is 2. The van der Waals surface area contributed by atoms with E-state index in [0.29, 0.717) is 11.8 Å². The first-order valence-corrected chi connectivity index (χ1v) is 3.00. The molecular formula is C7H6FNO2. The molecule has 58 valence electrons. The van der Waals surface area contributed by atoms with Crippen molar-refractivity contribution in [2.75, 3.05) is 0 Å². The van der Waals surface area contributed by atoms with Crippen LogP contribution in [0.3, 0.4) is 0 Å². The molecular weight excluding hydrogens is 149 g/mol. The van der Waals surface area contributed by atoms with E-state index >= 15 is 0 Å². The van der Waals surface area contributed by atoms with E-state index < -0.39 is 12.2 Å². The largest absolute Gasteiger partial charge is 0.328 e. The van der Waals surface area contributed by atoms with Crippen LogP contribution in [0.25, 0.3) is 0 Å². The Bertz CT molecular complexity index is 318. The summed E-state index contributed by atoms with van der Waals surface area (Å²) in [5.74, 6) is 0. The SMILES string of the molecule is O=Cc1cc(CF)c[nH]c1=O. The third-order valence-corrected chi connectivity index (χ3v) is 1.27. The maximum atomic E-state index is 11.9. The number of rotatable bonds is 2. The van der Waals surface area contributed by atoms with Gasteiger partial charge in [-0.15, -0.1) is 0 Å². The lowest BCUT2D eigenvalue weighted by Crippen LogP contribution is -2.11. The molecule has 0 aromatic carbocycles. The molecule has 0 aliphatic rings. The number of aromatic nitrogens is 1. The summed E-state index contributed by atoms with van der Waals surface area (Å²) in [5.41, 5.74) is -0.232. The van der Waals surface area contributed by atoms with Gasteiger partial charge >= 0.3 is 0 Å². The zero-order chi connectivity index (χ0) is 8.27. The smallest absolute Gasteiger partial charge is 0.258 e. The van der Waals surface area contributed by atoms with Crippen molar-refractivity contribution in [1.82, 2.24) is 4.98 Å². The number of aldehydes is 1. The van der Waals surface area contributed by atoms with Gasteiger partial charge in [0.15, 0.2) is 6.29 Å². The number of hydrogen-bond donors (Lipinski definition) is 1. The van der Waals surface area contributed by atoms with Crippen molar-refractivity contribution in [2.45, 2.75) is 6.67 Å². The number of carbonyl (C=O) groups excluding carboxylic acids is 1. The van der Waals surface area contributed by atoms with Gasteiger partial charge in [0.25, 0.3) is 5.56 Å². The molecule has 4 heteroatoms. The number of halogens is 1. The summed E-state index contributed by atoms with van der Waals surface area (Å²) in [6.07, 6.45) is 1.65. The lowest BCUT2D eigenvalue weighted by atomic mass is 10.2. The summed E-state index contributed by atoms with van der Waals surface area (Å²) in [6, 6.07) is 1.23. The first kappa shape index (κ1) is 7.65. The Morgan fingerprint density at radius 3 is 2.91 bits per heavy atom. The van der Waals surface area contributed by atoms with Gasteiger partial charge in [0.2, 0.25) is 0 Å². The fraction of sp³-hybridized carbons (Fsp3) is 0.143. The molecule has 0 aliphatic carbocycles. The van der Waals surface area contributed by atoms with Gasteiger partial charge in [-0.25, -0.2) is 4.39 Å². The number of pyridine rings is 1. The Kier molecular flexibility index (Phi) is 2.15. The maximum Gasteiger partial charge on any atom is 0.258 e. The van der Waals surface area contributed by atoms with Gasteiger partial charge in [-0.2, -0.15) is 0 Å². The van der Waals surface area contributed by atoms with Crippen molar-refractivity contribution in [3.63, 3.8) is 0 Å². The molecule has 1 heterocycles. The molecule has 0 atom stereocenters. The van der Waals surface area contributed by atoms with Crippen LogP contribution in [-0.4, -0.2) is 11.3 Å². The van der Waals surface area contributed by atoms with Crippen molar-refractivity contribution in [3.05, 3.63) is 33.7 Å². The average Bonchev–Trinajstić information content (AvgIpc) is 2.05. The maximum absolute atomic E-state index is 11.9. The van der Waals surface area contributed by atoms with Crippen LogP contribution in [0.1, 0.15) is 15.9 Å². The second-order valence-electron chi connectivity index (χ2n) is 2.04. The summed E-state index contributed by atoms with van der Waals surface area (Å²) < 4.78 is 11.9. The molecule has 1 aromatic rings. The first-order valence-electron chi connectivity index (χ1n) is 3.00. The molecule has 11 heavy (non-hydrogen) atoms. The zero-order valence-corrected chi connectivity index (χ0v) is 5.63. The highest BCUT2D eigenvalue weighted by molar-refractivity contribution is 5.74. The number of H-pyrrole nitrogens is 1. The summed E-state index contributed by atoms with van der Waals surface area (Å²) in [4.78, 5) is 23.1. The normalized spacial score (nSPS) is 9.55. The molecule has 0 saturated carbocycles. The van der Waals surface area contributed by atoms with Crippen LogP contribution in [0.15, 0.2) is 17.1 Å². The fourth-order valence-corrected chi connectivity index (χ4v) is 0.713. The second kappa shape index (κ2) is 3.09. The first-order chi connectivity index (χ1) is 5.27. The van der Waals surface area contributed by atoms with Crippen LogP contribution >= 0.6 is 0 Å². The lowest BCUT2D eigenvalue weighted by molar-refractivity contribution is 0.112. The highest BCUT2D eigenvalue weighted by atomic mass is 19.1. The third kappa shape index (κ3) is 1.52. The summed E-state index contributed by atoms with van der Waals surface area (Å²) in [7, 11) is 0. The van der Waals surface area contributed by atoms with Crippen molar-refractivity contribution in [2.24, 2.45) is 0 Å². The third-order valence-electron chi connectivity index (χ3n) is 1.27. The fourth-order valence-electron chi connectivity index (χ4n) is 0.713. The minimum atomic E-state index is -0.683. The van der Waals surface area contributed by atoms with E-state index in [1.54, 1.807) is 0 Å². The summed E-state index contributed by atoms with van der Waals surface area (Å²) in [6.45, 7) is -0.683. The van der Waals surface area contributed by atoms with Gasteiger partial charge < -0.3 is 4.98 Å². The number of nitrogens with one attached hydrogen (secondary N) is 1. The molecule has 0 amide bonds. The Hall–Kier alpha value is -1.45. The van der Waals surface area contributed by atoms with Crippen molar-refractivity contribution in [3.8, 4) is 0 Å². The van der Waals surface area contributed by atoms with E-state index in [9.17, 15) is 14.0 Å². The topological polar surface area (TPSA) is 49.9 Å². The Morgan fingerprint density at radius 2 is 2.36 bits per heavy atom. The summed E-state index contributed by atoms with van der Waals surface area (Å²) >= 11 is 0. The van der Waals surface area contributed by atoms with E-state index in [0.717, 1.165) is 0 Å². The monoisotopic (exact) mass is 155 g/mol. The lowest BCUT2D eigenvalue weighted by Gasteiger charge is -1.92. The van der Waals surface area contributed by atoms with Gasteiger partial charge in [0.1, 0.15) is 6.67 Å². The zero-order valence-electron chi connectivity index (χ0n) is 5.63. The van der Waals surface area contributed by atoms with Crippen LogP contribution in [-0.2, 0) is 6.67 Å². The van der Waals surface area contributed by atoms with Gasteiger partial charge in [0.05, 0.1) is 5.56 Å². The van der Waals surface area contributed by atoms with Crippen molar-refractivity contribution < 1.29 is 9.18 Å². The molecule has 1 rings (SSSR count). The summed E-state index contributed by atoms with van der Waals surface area (Å²) in [5, 5.41) is 0. The van der Waals surface area contributed by atoms with Crippen molar-refractivity contribution >= 4 is 6.29 Å². The molecule has 0 saturated heterocycles. The highest BCUT2D eigenvalue weighted by Gasteiger charge is 1.98. The number of aromatic amines is 1. The second-order valence-corrected chi connectivity index (χ2v) is 2.04. The molecule has 1 aromatic heterocycles. The van der Waals surface area contributed by atoms with Gasteiger partial charge in [-0.05, 0) is 11.6 Å². The van der Waals surface area contributed by atoms with Crippen LogP contribution < -0.4 is 5.56 Å². The Morgan fingerprint density at radius 1 is 1.64 bits per heavy atom. The molecule has 0 spiro atoms. The molecule has 1 N–H and O–H groups in total. The van der Waals surface area contributed by atoms with E-state index in [2.05, 4.69) is 4.98 Å². The Labute approximate surface area is 61.9 Å². The van der Waals surface area contributed by atoms with Gasteiger partial charge in [0, 0.05) is 6.20 Å². The molecule has 0 radical (unpaired) electrons. The van der Waals surface area contributed by atoms with Crippen LogP contribution in [0, 0.1) is 0 Å². The Balaban J connectivity index is 3.23. The van der Waals surface area contributed by atoms with Crippen LogP contribution in [0.2, 0.25) is 0 Å². The minimum Gasteiger partial charge on any atom is -0.328 e. The molecule has 0 unspecified atom stereocenters. The predicted molar refractivity (Wildman–Crippen MR) is 37.3 cm³/mol. The van der Waals surface area contributed by atoms with Crippen LogP contribution in [0.5, 0.6) is 0 Å². The van der Waals surface area contributed by atoms with E-state index in [1.807, 2.05) is 0 Å². The highest BCUT2D eigenvalue weighted by Crippen LogP contribution is 1.97. The average molecular weight is 155 g/mol. The molecule has 3 nitrogen and oxygen atoms in total. The molecule has 0 fully saturated rings. The number of alkyl halides is 1. The molecule has 0 aliphatic heterocycles. The van der Waals surface area contributed by atoms with E-state index in [1.165, 1.54) is 12.3 Å². The predicted octanol–water partition coefficient (Wildman–Crippen LogP) is 0.657. The minimum absolute atomic E-state index is 0.0415. The van der Waals surface area contributed by atoms with E-state index in [4.69, 9.17) is 0 Å². The van der Waals surface area contributed by atoms with Gasteiger partial charge in [-0.3, -0.25) is 9.59 Å². The van der Waals surface area contributed by atoms with E-state index in [-0.39, 0.29) is 5.56 Å². The molecule has 0 bridgehead atoms. The standard InChI is InChI=1S/C7H6FNO2/c8-2-5-1-6(4-10)7(11)9-3-5/h1,3-4H,2H2,(H,9,11). The van der Waals surface area contributed by atoms with Gasteiger partial charge in [-0.1, -0.05) is 0 Å². The number of carbonyl (C=O) groups is 1.